The second-order valence-corrected chi connectivity index (χ2v) is 11.2. The van der Waals surface area contributed by atoms with Gasteiger partial charge in [0.05, 0.1) is 0 Å². The number of unbranched alkanes of at least 4 members (excludes halogenated alkanes) is 3. The van der Waals surface area contributed by atoms with Gasteiger partial charge < -0.3 is 20.4 Å². The van der Waals surface area contributed by atoms with Crippen molar-refractivity contribution >= 4 is 34.6 Å². The molecule has 0 radical (unpaired) electrons. The van der Waals surface area contributed by atoms with E-state index in [1.807, 2.05) is 48.5 Å². The van der Waals surface area contributed by atoms with E-state index in [0.29, 0.717) is 31.5 Å². The highest BCUT2D eigenvalue weighted by atomic mass is 16.5. The van der Waals surface area contributed by atoms with Crippen LogP contribution in [-0.2, 0) is 32.0 Å². The predicted molar refractivity (Wildman–Crippen MR) is 162 cm³/mol. The van der Waals surface area contributed by atoms with Gasteiger partial charge >= 0.3 is 5.97 Å². The number of hydrogen-bond donors (Lipinski definition) is 5. The van der Waals surface area contributed by atoms with Crippen LogP contribution >= 0.6 is 0 Å². The number of esters is 1. The Morgan fingerprint density at radius 1 is 0.884 bits per heavy atom. The largest absolute Gasteiger partial charge is 0.461 e. The Balaban J connectivity index is 1.25. The quantitative estimate of drug-likeness (QED) is 0.0718. The van der Waals surface area contributed by atoms with Gasteiger partial charge in [-0.1, -0.05) is 49.2 Å². The lowest BCUT2D eigenvalue weighted by Crippen LogP contribution is -2.44. The number of ether oxygens (including phenoxy) is 1. The molecule has 1 unspecified atom stereocenters. The molecule has 2 aromatic carbocycles. The molecule has 1 saturated carbocycles. The number of aromatic nitrogens is 1. The number of H-pyrrole nitrogens is 1. The molecule has 4 rings (SSSR count). The summed E-state index contributed by atoms with van der Waals surface area (Å²) in [6.45, 7) is 0.528. The molecule has 1 heterocycles. The summed E-state index contributed by atoms with van der Waals surface area (Å²) in [5.74, 6) is -1.17. The van der Waals surface area contributed by atoms with E-state index < -0.39 is 6.04 Å². The summed E-state index contributed by atoms with van der Waals surface area (Å²) in [4.78, 5) is 52.7. The van der Waals surface area contributed by atoms with Gasteiger partial charge in [0.1, 0.15) is 17.8 Å². The number of benzene rings is 2. The number of nitrogens with one attached hydrogen (secondary N) is 4. The van der Waals surface area contributed by atoms with Crippen LogP contribution in [0.25, 0.3) is 10.9 Å². The maximum absolute atomic E-state index is 13.0. The Morgan fingerprint density at radius 2 is 1.65 bits per heavy atom. The van der Waals surface area contributed by atoms with Gasteiger partial charge in [-0.25, -0.2) is 10.3 Å². The fourth-order valence-corrected chi connectivity index (χ4v) is 5.40. The summed E-state index contributed by atoms with van der Waals surface area (Å²) < 4.78 is 5.73. The van der Waals surface area contributed by atoms with Gasteiger partial charge in [-0.3, -0.25) is 19.6 Å². The summed E-state index contributed by atoms with van der Waals surface area (Å²) in [5, 5.41) is 15.2. The molecule has 1 fully saturated rings. The maximum atomic E-state index is 13.0. The van der Waals surface area contributed by atoms with Gasteiger partial charge in [-0.05, 0) is 74.3 Å². The molecule has 1 aliphatic carbocycles. The van der Waals surface area contributed by atoms with Gasteiger partial charge in [-0.15, -0.1) is 0 Å². The average Bonchev–Trinajstić information content (AvgIpc) is 3.69. The van der Waals surface area contributed by atoms with Crippen molar-refractivity contribution in [1.29, 1.82) is 0 Å². The third-order valence-corrected chi connectivity index (χ3v) is 7.80. The number of aryl methyl sites for hydroxylation is 1. The first-order chi connectivity index (χ1) is 20.9. The molecule has 1 aliphatic rings. The van der Waals surface area contributed by atoms with E-state index in [1.54, 1.807) is 11.5 Å². The third kappa shape index (κ3) is 10.2. The number of rotatable bonds is 16. The Labute approximate surface area is 251 Å². The highest BCUT2D eigenvalue weighted by Crippen LogP contribution is 2.22. The van der Waals surface area contributed by atoms with Crippen LogP contribution in [0, 0.1) is 0 Å². The van der Waals surface area contributed by atoms with Crippen molar-refractivity contribution < 1.29 is 29.1 Å². The Morgan fingerprint density at radius 3 is 2.42 bits per heavy atom. The fraction of sp³-hybridized carbons (Fsp3) is 0.455. The van der Waals surface area contributed by atoms with E-state index in [2.05, 4.69) is 15.6 Å². The minimum absolute atomic E-state index is 0.0680. The minimum atomic E-state index is -0.739. The molecule has 0 aliphatic heterocycles. The zero-order chi connectivity index (χ0) is 30.4. The SMILES string of the molecule is O=C(CCCCCCNC(=O)c1cc2cc(CCC(=O)NC(Cc3ccccc3)C(=O)OC3CCCC3)ccc2[nH]1)NO. The van der Waals surface area contributed by atoms with E-state index in [4.69, 9.17) is 9.94 Å². The molecule has 1 atom stereocenters. The molecular weight excluding hydrogens is 548 g/mol. The van der Waals surface area contributed by atoms with Crippen LogP contribution in [-0.4, -0.2) is 52.6 Å². The second-order valence-electron chi connectivity index (χ2n) is 11.2. The first-order valence-corrected chi connectivity index (χ1v) is 15.3. The molecule has 0 saturated heterocycles. The Hall–Kier alpha value is -4.18. The highest BCUT2D eigenvalue weighted by Gasteiger charge is 2.27. The third-order valence-electron chi connectivity index (χ3n) is 7.80. The molecule has 43 heavy (non-hydrogen) atoms. The van der Waals surface area contributed by atoms with Gasteiger partial charge in [0, 0.05) is 36.7 Å². The summed E-state index contributed by atoms with van der Waals surface area (Å²) in [6.07, 6.45) is 8.36. The topological polar surface area (TPSA) is 150 Å². The van der Waals surface area contributed by atoms with Gasteiger partial charge in [-0.2, -0.15) is 0 Å². The molecule has 230 valence electrons. The first kappa shape index (κ1) is 31.7. The average molecular weight is 591 g/mol. The molecule has 0 spiro atoms. The second kappa shape index (κ2) is 16.5. The molecular formula is C33H42N4O6. The van der Waals surface area contributed by atoms with E-state index in [0.717, 1.165) is 67.0 Å². The summed E-state index contributed by atoms with van der Waals surface area (Å²) in [5.41, 5.74) is 4.83. The number of carbonyl (C=O) groups excluding carboxylic acids is 4. The summed E-state index contributed by atoms with van der Waals surface area (Å²) >= 11 is 0. The van der Waals surface area contributed by atoms with Crippen molar-refractivity contribution in [3.63, 3.8) is 0 Å². The smallest absolute Gasteiger partial charge is 0.329 e. The Kier molecular flexibility index (Phi) is 12.1. The summed E-state index contributed by atoms with van der Waals surface area (Å²) in [6, 6.07) is 16.5. The standard InChI is InChI=1S/C33H42N4O6/c38-30(36-29(21-23-10-4-3-5-11-23)33(41)43-26-12-7-8-13-26)18-16-24-15-17-27-25(20-24)22-28(35-27)32(40)34-19-9-2-1-6-14-31(39)37-42/h3-5,10-11,15,17,20,22,26,29,35,42H,1-2,6-9,12-14,16,18-19,21H2,(H,34,40)(H,36,38)(H,37,39). The molecule has 10 heteroatoms. The van der Waals surface area contributed by atoms with E-state index in [9.17, 15) is 19.2 Å². The lowest BCUT2D eigenvalue weighted by Gasteiger charge is -2.20. The molecule has 3 amide bonds. The first-order valence-electron chi connectivity index (χ1n) is 15.3. The van der Waals surface area contributed by atoms with Crippen molar-refractivity contribution in [2.75, 3.05) is 6.54 Å². The van der Waals surface area contributed by atoms with E-state index in [-0.39, 0.29) is 42.6 Å². The molecule has 10 nitrogen and oxygen atoms in total. The van der Waals surface area contributed by atoms with Crippen molar-refractivity contribution in [1.82, 2.24) is 21.1 Å². The number of hydrogen-bond acceptors (Lipinski definition) is 6. The lowest BCUT2D eigenvalue weighted by molar-refractivity contribution is -0.152. The van der Waals surface area contributed by atoms with E-state index >= 15 is 0 Å². The number of aromatic amines is 1. The number of amides is 3. The minimum Gasteiger partial charge on any atom is -0.461 e. The predicted octanol–water partition coefficient (Wildman–Crippen LogP) is 4.50. The normalized spacial score (nSPS) is 13.9. The van der Waals surface area contributed by atoms with Crippen molar-refractivity contribution in [3.8, 4) is 0 Å². The highest BCUT2D eigenvalue weighted by molar-refractivity contribution is 5.98. The van der Waals surface area contributed by atoms with E-state index in [1.165, 1.54) is 0 Å². The maximum Gasteiger partial charge on any atom is 0.329 e. The summed E-state index contributed by atoms with van der Waals surface area (Å²) in [7, 11) is 0. The van der Waals surface area contributed by atoms with Crippen LogP contribution in [0.2, 0.25) is 0 Å². The van der Waals surface area contributed by atoms with Crippen LogP contribution in [0.4, 0.5) is 0 Å². The number of carbonyl (C=O) groups is 4. The van der Waals surface area contributed by atoms with Gasteiger partial charge in [0.15, 0.2) is 0 Å². The van der Waals surface area contributed by atoms with Crippen LogP contribution in [0.1, 0.15) is 85.8 Å². The zero-order valence-corrected chi connectivity index (χ0v) is 24.5. The molecule has 5 N–H and O–H groups in total. The van der Waals surface area contributed by atoms with Gasteiger partial charge in [0.25, 0.3) is 5.91 Å². The Bertz CT molecular complexity index is 1370. The van der Waals surface area contributed by atoms with Crippen molar-refractivity contribution in [2.24, 2.45) is 0 Å². The van der Waals surface area contributed by atoms with Crippen LogP contribution in [0.15, 0.2) is 54.6 Å². The van der Waals surface area contributed by atoms with Crippen LogP contribution < -0.4 is 16.1 Å². The van der Waals surface area contributed by atoms with Crippen molar-refractivity contribution in [3.05, 3.63) is 71.4 Å². The van der Waals surface area contributed by atoms with Crippen molar-refractivity contribution in [2.45, 2.75) is 89.2 Å². The fourth-order valence-electron chi connectivity index (χ4n) is 5.40. The molecule has 3 aromatic rings. The van der Waals surface area contributed by atoms with Gasteiger partial charge in [0.2, 0.25) is 11.8 Å². The van der Waals surface area contributed by atoms with Crippen LogP contribution in [0.3, 0.4) is 0 Å². The monoisotopic (exact) mass is 590 g/mol. The molecule has 0 bridgehead atoms. The number of hydroxylamine groups is 1. The number of fused-ring (bicyclic) bond motifs is 1. The lowest BCUT2D eigenvalue weighted by atomic mass is 10.0. The van der Waals surface area contributed by atoms with Crippen LogP contribution in [0.5, 0.6) is 0 Å². The zero-order valence-electron chi connectivity index (χ0n) is 24.5. The molecule has 1 aromatic heterocycles.